The number of amides is 1. The number of halogens is 1. The van der Waals surface area contributed by atoms with Gasteiger partial charge in [0.05, 0.1) is 15.4 Å². The van der Waals surface area contributed by atoms with Gasteiger partial charge in [0, 0.05) is 11.8 Å². The number of ether oxygens (including phenoxy) is 1. The lowest BCUT2D eigenvalue weighted by atomic mass is 10.0. The van der Waals surface area contributed by atoms with Gasteiger partial charge in [-0.3, -0.25) is 9.59 Å². The summed E-state index contributed by atoms with van der Waals surface area (Å²) in [6.45, 7) is 5.53. The first-order valence-corrected chi connectivity index (χ1v) is 9.73. The predicted molar refractivity (Wildman–Crippen MR) is 104 cm³/mol. The van der Waals surface area contributed by atoms with Crippen molar-refractivity contribution in [3.8, 4) is 0 Å². The quantitative estimate of drug-likeness (QED) is 0.657. The average Bonchev–Trinajstić information content (AvgIpc) is 2.97. The minimum Gasteiger partial charge on any atom is -0.460 e. The summed E-state index contributed by atoms with van der Waals surface area (Å²) in [5, 5.41) is 4.82. The van der Waals surface area contributed by atoms with E-state index in [0.717, 1.165) is 9.35 Å². The summed E-state index contributed by atoms with van der Waals surface area (Å²) in [6, 6.07) is 11.2. The van der Waals surface area contributed by atoms with Crippen LogP contribution in [-0.2, 0) is 9.53 Å². The van der Waals surface area contributed by atoms with Crippen molar-refractivity contribution in [2.24, 2.45) is 0 Å². The number of rotatable bonds is 6. The molecule has 1 aromatic carbocycles. The summed E-state index contributed by atoms with van der Waals surface area (Å²) in [5.41, 5.74) is 1.06. The summed E-state index contributed by atoms with van der Waals surface area (Å²) >= 11 is 4.83. The number of carbonyl (C=O) groups excluding carboxylic acids is 2. The Bertz CT molecular complexity index is 722. The number of esters is 1. The largest absolute Gasteiger partial charge is 0.460 e. The van der Waals surface area contributed by atoms with Crippen molar-refractivity contribution >= 4 is 39.1 Å². The Labute approximate surface area is 160 Å². The first kappa shape index (κ1) is 19.7. The van der Waals surface area contributed by atoms with Crippen molar-refractivity contribution in [2.45, 2.75) is 45.3 Å². The molecule has 0 aliphatic heterocycles. The van der Waals surface area contributed by atoms with Gasteiger partial charge in [-0.05, 0) is 54.8 Å². The van der Waals surface area contributed by atoms with Gasteiger partial charge in [-0.1, -0.05) is 30.3 Å². The highest BCUT2D eigenvalue weighted by Gasteiger charge is 2.21. The van der Waals surface area contributed by atoms with E-state index in [-0.39, 0.29) is 24.3 Å². The second-order valence-electron chi connectivity index (χ2n) is 6.70. The maximum Gasteiger partial charge on any atom is 0.306 e. The Morgan fingerprint density at radius 3 is 2.48 bits per heavy atom. The fourth-order valence-electron chi connectivity index (χ4n) is 2.33. The maximum atomic E-state index is 12.5. The summed E-state index contributed by atoms with van der Waals surface area (Å²) in [7, 11) is 0. The van der Waals surface area contributed by atoms with Crippen LogP contribution in [0.15, 0.2) is 45.6 Å². The molecule has 0 saturated heterocycles. The van der Waals surface area contributed by atoms with Gasteiger partial charge in [-0.2, -0.15) is 0 Å². The number of benzene rings is 1. The Hall–Kier alpha value is -1.66. The van der Waals surface area contributed by atoms with Gasteiger partial charge in [0.25, 0.3) is 5.91 Å². The minimum atomic E-state index is -0.508. The van der Waals surface area contributed by atoms with Crippen LogP contribution in [0.4, 0.5) is 0 Å². The molecule has 0 spiro atoms. The zero-order chi connectivity index (χ0) is 18.4. The monoisotopic (exact) mass is 423 g/mol. The number of nitrogens with one attached hydrogen (secondary N) is 1. The molecule has 1 atom stereocenters. The van der Waals surface area contributed by atoms with Crippen LogP contribution >= 0.6 is 27.3 Å². The summed E-state index contributed by atoms with van der Waals surface area (Å²) < 4.78 is 6.27. The van der Waals surface area contributed by atoms with E-state index in [4.69, 9.17) is 4.74 Å². The minimum absolute atomic E-state index is 0.153. The highest BCUT2D eigenvalue weighted by Crippen LogP contribution is 2.23. The van der Waals surface area contributed by atoms with Crippen LogP contribution < -0.4 is 5.32 Å². The Balaban J connectivity index is 2.06. The third-order valence-electron chi connectivity index (χ3n) is 3.39. The number of hydrogen-bond donors (Lipinski definition) is 1. The van der Waals surface area contributed by atoms with Crippen molar-refractivity contribution in [1.29, 1.82) is 0 Å². The second-order valence-corrected chi connectivity index (χ2v) is 8.99. The summed E-state index contributed by atoms with van der Waals surface area (Å²) in [5.74, 6) is -0.416. The Morgan fingerprint density at radius 2 is 1.92 bits per heavy atom. The van der Waals surface area contributed by atoms with Crippen LogP contribution in [0.1, 0.15) is 55.6 Å². The van der Waals surface area contributed by atoms with Gasteiger partial charge in [-0.15, -0.1) is 11.3 Å². The van der Waals surface area contributed by atoms with Gasteiger partial charge in [0.15, 0.2) is 0 Å². The third-order valence-corrected chi connectivity index (χ3v) is 4.90. The fraction of sp³-hybridized carbons (Fsp3) is 0.368. The van der Waals surface area contributed by atoms with Crippen LogP contribution in [0.3, 0.4) is 0 Å². The lowest BCUT2D eigenvalue weighted by Crippen LogP contribution is -2.30. The molecule has 2 aromatic rings. The Morgan fingerprint density at radius 1 is 1.24 bits per heavy atom. The molecular formula is C19H22BrNO3S. The van der Waals surface area contributed by atoms with Gasteiger partial charge < -0.3 is 10.1 Å². The molecule has 0 saturated carbocycles. The molecule has 1 aromatic heterocycles. The molecular weight excluding hydrogens is 402 g/mol. The Kier molecular flexibility index (Phi) is 6.79. The van der Waals surface area contributed by atoms with Crippen LogP contribution in [-0.4, -0.2) is 17.5 Å². The summed E-state index contributed by atoms with van der Waals surface area (Å²) in [4.78, 5) is 24.5. The molecule has 25 heavy (non-hydrogen) atoms. The van der Waals surface area contributed by atoms with E-state index in [2.05, 4.69) is 21.2 Å². The van der Waals surface area contributed by atoms with Gasteiger partial charge in [0.1, 0.15) is 5.60 Å². The van der Waals surface area contributed by atoms with Crippen molar-refractivity contribution in [3.63, 3.8) is 0 Å². The van der Waals surface area contributed by atoms with Crippen molar-refractivity contribution < 1.29 is 14.3 Å². The standard InChI is InChI=1S/C19H22BrNO3S/c1-19(2,3)24-17(22)10-9-15(13-7-5-4-6-8-13)21-18(23)14-11-16(20)25-12-14/h4-8,11-12,15H,9-10H2,1-3H3,(H,21,23). The number of hydrogen-bond acceptors (Lipinski definition) is 4. The molecule has 0 radical (unpaired) electrons. The van der Waals surface area contributed by atoms with Crippen molar-refractivity contribution in [2.75, 3.05) is 0 Å². The second kappa shape index (κ2) is 8.63. The molecule has 1 amide bonds. The van der Waals surface area contributed by atoms with Gasteiger partial charge in [0.2, 0.25) is 0 Å². The molecule has 0 aliphatic carbocycles. The lowest BCUT2D eigenvalue weighted by Gasteiger charge is -2.22. The predicted octanol–water partition coefficient (Wildman–Crippen LogP) is 5.10. The van der Waals surface area contributed by atoms with E-state index in [1.165, 1.54) is 11.3 Å². The zero-order valence-electron chi connectivity index (χ0n) is 14.5. The molecule has 0 aliphatic rings. The molecule has 0 bridgehead atoms. The molecule has 1 N–H and O–H groups in total. The first-order chi connectivity index (χ1) is 11.7. The maximum absolute atomic E-state index is 12.5. The topological polar surface area (TPSA) is 55.4 Å². The molecule has 6 heteroatoms. The smallest absolute Gasteiger partial charge is 0.306 e. The third kappa shape index (κ3) is 6.63. The van der Waals surface area contributed by atoms with E-state index in [1.54, 1.807) is 11.4 Å². The van der Waals surface area contributed by atoms with Crippen LogP contribution in [0.5, 0.6) is 0 Å². The first-order valence-electron chi connectivity index (χ1n) is 8.06. The fourth-order valence-corrected chi connectivity index (χ4v) is 3.47. The van der Waals surface area contributed by atoms with E-state index < -0.39 is 5.60 Å². The van der Waals surface area contributed by atoms with Crippen molar-refractivity contribution in [1.82, 2.24) is 5.32 Å². The van der Waals surface area contributed by atoms with Crippen LogP contribution in [0, 0.1) is 0 Å². The zero-order valence-corrected chi connectivity index (χ0v) is 16.9. The normalized spacial score (nSPS) is 12.5. The van der Waals surface area contributed by atoms with Crippen LogP contribution in [0.2, 0.25) is 0 Å². The van der Waals surface area contributed by atoms with E-state index in [1.807, 2.05) is 51.1 Å². The van der Waals surface area contributed by atoms with Crippen LogP contribution in [0.25, 0.3) is 0 Å². The molecule has 4 nitrogen and oxygen atoms in total. The number of thiophene rings is 1. The molecule has 134 valence electrons. The van der Waals surface area contributed by atoms with E-state index >= 15 is 0 Å². The molecule has 0 fully saturated rings. The lowest BCUT2D eigenvalue weighted by molar-refractivity contribution is -0.155. The van der Waals surface area contributed by atoms with Gasteiger partial charge in [-0.25, -0.2) is 0 Å². The van der Waals surface area contributed by atoms with E-state index in [9.17, 15) is 9.59 Å². The average molecular weight is 424 g/mol. The SMILES string of the molecule is CC(C)(C)OC(=O)CCC(NC(=O)c1csc(Br)c1)c1ccccc1. The molecule has 1 unspecified atom stereocenters. The molecule has 1 heterocycles. The highest BCUT2D eigenvalue weighted by atomic mass is 79.9. The highest BCUT2D eigenvalue weighted by molar-refractivity contribution is 9.11. The van der Waals surface area contributed by atoms with E-state index in [0.29, 0.717) is 12.0 Å². The molecule has 2 rings (SSSR count). The van der Waals surface area contributed by atoms with Gasteiger partial charge >= 0.3 is 5.97 Å². The van der Waals surface area contributed by atoms with Crippen molar-refractivity contribution in [3.05, 3.63) is 56.7 Å². The number of carbonyl (C=O) groups is 2. The summed E-state index contributed by atoms with van der Waals surface area (Å²) in [6.07, 6.45) is 0.723.